The summed E-state index contributed by atoms with van der Waals surface area (Å²) in [4.78, 5) is 0. The Morgan fingerprint density at radius 2 is 1.78 bits per heavy atom. The molecule has 1 saturated carbocycles. The smallest absolute Gasteiger partial charge is 0.121 e. The summed E-state index contributed by atoms with van der Waals surface area (Å²) in [6, 6.07) is 0. The fourth-order valence-electron chi connectivity index (χ4n) is 3.56. The minimum absolute atomic E-state index is 0.0586. The lowest BCUT2D eigenvalue weighted by molar-refractivity contribution is -0.274. The van der Waals surface area contributed by atoms with E-state index in [9.17, 15) is 8.78 Å². The first-order valence-corrected chi connectivity index (χ1v) is 6.83. The van der Waals surface area contributed by atoms with Gasteiger partial charge < -0.3 is 4.74 Å². The second-order valence-corrected chi connectivity index (χ2v) is 7.24. The van der Waals surface area contributed by atoms with Gasteiger partial charge in [-0.2, -0.15) is 0 Å². The molecule has 1 heterocycles. The highest BCUT2D eigenvalue weighted by Crippen LogP contribution is 2.53. The zero-order chi connectivity index (χ0) is 13.6. The predicted molar refractivity (Wildman–Crippen MR) is 67.8 cm³/mol. The van der Waals surface area contributed by atoms with Gasteiger partial charge in [0.05, 0.1) is 19.5 Å². The van der Waals surface area contributed by atoms with Crippen LogP contribution in [0.1, 0.15) is 40.5 Å². The van der Waals surface area contributed by atoms with Crippen molar-refractivity contribution < 1.29 is 13.5 Å². The number of hydrogen-bond acceptors (Lipinski definition) is 2. The molecule has 18 heavy (non-hydrogen) atoms. The number of rotatable bonds is 3. The normalized spacial score (nSPS) is 32.5. The third-order valence-electron chi connectivity index (χ3n) is 4.48. The second-order valence-electron chi connectivity index (χ2n) is 7.24. The molecular formula is C14H25F2NO. The van der Waals surface area contributed by atoms with Crippen molar-refractivity contribution >= 4 is 0 Å². The van der Waals surface area contributed by atoms with E-state index in [2.05, 4.69) is 33.0 Å². The van der Waals surface area contributed by atoms with Crippen LogP contribution >= 0.6 is 0 Å². The summed E-state index contributed by atoms with van der Waals surface area (Å²) in [7, 11) is 0. The summed E-state index contributed by atoms with van der Waals surface area (Å²) in [6.07, 6.45) is 1.04. The van der Waals surface area contributed by atoms with E-state index in [4.69, 9.17) is 4.74 Å². The molecule has 0 amide bonds. The van der Waals surface area contributed by atoms with Gasteiger partial charge in [0.25, 0.3) is 0 Å². The molecule has 1 saturated heterocycles. The van der Waals surface area contributed by atoms with E-state index < -0.39 is 24.5 Å². The van der Waals surface area contributed by atoms with Crippen LogP contribution in [0.4, 0.5) is 8.78 Å². The van der Waals surface area contributed by atoms with Crippen LogP contribution in [0.25, 0.3) is 0 Å². The lowest BCUT2D eigenvalue weighted by Crippen LogP contribution is -2.71. The first-order valence-electron chi connectivity index (χ1n) is 6.83. The van der Waals surface area contributed by atoms with Gasteiger partial charge in [-0.05, 0) is 5.92 Å². The molecule has 0 aromatic carbocycles. The van der Waals surface area contributed by atoms with Gasteiger partial charge in [-0.3, -0.25) is 14.1 Å². The third-order valence-corrected chi connectivity index (χ3v) is 4.48. The van der Waals surface area contributed by atoms with Crippen LogP contribution < -0.4 is 5.32 Å². The van der Waals surface area contributed by atoms with Crippen molar-refractivity contribution in [2.24, 2.45) is 16.7 Å². The van der Waals surface area contributed by atoms with Crippen LogP contribution in [0.15, 0.2) is 0 Å². The summed E-state index contributed by atoms with van der Waals surface area (Å²) in [5, 5.41) is 3.37. The van der Waals surface area contributed by atoms with Crippen molar-refractivity contribution in [2.75, 3.05) is 19.9 Å². The van der Waals surface area contributed by atoms with Crippen LogP contribution in [0.2, 0.25) is 0 Å². The molecule has 0 bridgehead atoms. The van der Waals surface area contributed by atoms with Crippen molar-refractivity contribution in [2.45, 2.75) is 52.4 Å². The molecule has 0 radical (unpaired) electrons. The number of hydrogen-bond donors (Lipinski definition) is 1. The van der Waals surface area contributed by atoms with Gasteiger partial charge in [-0.1, -0.05) is 27.7 Å². The summed E-state index contributed by atoms with van der Waals surface area (Å²) >= 11 is 0. The van der Waals surface area contributed by atoms with Crippen molar-refractivity contribution in [1.29, 1.82) is 0 Å². The standard InChI is InChI=1S/C14H25F2NO/c1-10(2)11-12(3,4)9-17-14(18-11)5-13(6-14,7-15)8-16/h10-11,17H,5-9H2,1-4H3. The zero-order valence-corrected chi connectivity index (χ0v) is 11.9. The summed E-state index contributed by atoms with van der Waals surface area (Å²) < 4.78 is 32.0. The largest absolute Gasteiger partial charge is 0.356 e. The lowest BCUT2D eigenvalue weighted by atomic mass is 9.62. The van der Waals surface area contributed by atoms with Crippen LogP contribution in [-0.2, 0) is 4.74 Å². The molecule has 0 aromatic heterocycles. The maximum absolute atomic E-state index is 12.9. The van der Waals surface area contributed by atoms with Crippen molar-refractivity contribution in [3.63, 3.8) is 0 Å². The third kappa shape index (κ3) is 2.18. The number of nitrogens with one attached hydrogen (secondary N) is 1. The Balaban J connectivity index is 2.07. The highest BCUT2D eigenvalue weighted by atomic mass is 19.1. The minimum atomic E-state index is -0.796. The van der Waals surface area contributed by atoms with E-state index in [1.165, 1.54) is 0 Å². The van der Waals surface area contributed by atoms with E-state index >= 15 is 0 Å². The summed E-state index contributed by atoms with van der Waals surface area (Å²) in [6.45, 7) is 8.29. The van der Waals surface area contributed by atoms with Crippen molar-refractivity contribution in [1.82, 2.24) is 5.32 Å². The molecule has 1 spiro atoms. The predicted octanol–water partition coefficient (Wildman–Crippen LogP) is 3.07. The van der Waals surface area contributed by atoms with Crippen LogP contribution in [-0.4, -0.2) is 31.7 Å². The molecule has 1 atom stereocenters. The molecule has 2 rings (SSSR count). The number of ether oxygens (including phenoxy) is 1. The zero-order valence-electron chi connectivity index (χ0n) is 11.9. The van der Waals surface area contributed by atoms with Gasteiger partial charge in [0, 0.05) is 30.2 Å². The van der Waals surface area contributed by atoms with Crippen LogP contribution in [0.5, 0.6) is 0 Å². The Hall–Kier alpha value is -0.220. The Labute approximate surface area is 108 Å². The Kier molecular flexibility index (Phi) is 3.48. The first-order chi connectivity index (χ1) is 8.28. The highest BCUT2D eigenvalue weighted by molar-refractivity contribution is 5.07. The summed E-state index contributed by atoms with van der Waals surface area (Å²) in [5.74, 6) is 0.407. The maximum Gasteiger partial charge on any atom is 0.121 e. The van der Waals surface area contributed by atoms with E-state index in [1.807, 2.05) is 0 Å². The van der Waals surface area contributed by atoms with Gasteiger partial charge >= 0.3 is 0 Å². The summed E-state index contributed by atoms with van der Waals surface area (Å²) in [5.41, 5.74) is -1.22. The molecule has 1 aliphatic carbocycles. The van der Waals surface area contributed by atoms with Gasteiger partial charge in [-0.15, -0.1) is 0 Å². The second kappa shape index (κ2) is 4.41. The SMILES string of the molecule is CC(C)C1OC2(CC(CF)(CF)C2)NCC1(C)C. The van der Waals surface area contributed by atoms with E-state index in [-0.39, 0.29) is 11.5 Å². The van der Waals surface area contributed by atoms with E-state index in [1.54, 1.807) is 0 Å². The van der Waals surface area contributed by atoms with Gasteiger partial charge in [0.1, 0.15) is 5.72 Å². The molecule has 0 aromatic rings. The van der Waals surface area contributed by atoms with Gasteiger partial charge in [0.15, 0.2) is 0 Å². The molecule has 1 unspecified atom stereocenters. The molecular weight excluding hydrogens is 236 g/mol. The van der Waals surface area contributed by atoms with Crippen molar-refractivity contribution in [3.8, 4) is 0 Å². The molecule has 1 aliphatic heterocycles. The molecule has 106 valence electrons. The highest BCUT2D eigenvalue weighted by Gasteiger charge is 2.60. The number of halogens is 2. The average molecular weight is 261 g/mol. The van der Waals surface area contributed by atoms with Gasteiger partial charge in [-0.25, -0.2) is 0 Å². The quantitative estimate of drug-likeness (QED) is 0.843. The Morgan fingerprint density at radius 1 is 1.22 bits per heavy atom. The van der Waals surface area contributed by atoms with E-state index in [0.717, 1.165) is 6.54 Å². The van der Waals surface area contributed by atoms with Crippen LogP contribution in [0.3, 0.4) is 0 Å². The molecule has 4 heteroatoms. The molecule has 2 aliphatic rings. The Bertz CT molecular complexity index is 305. The molecule has 1 N–H and O–H groups in total. The van der Waals surface area contributed by atoms with Crippen LogP contribution in [0, 0.1) is 16.7 Å². The average Bonchev–Trinajstić information content (AvgIpc) is 2.26. The van der Waals surface area contributed by atoms with E-state index in [0.29, 0.717) is 18.8 Å². The molecule has 2 nitrogen and oxygen atoms in total. The topological polar surface area (TPSA) is 21.3 Å². The lowest BCUT2D eigenvalue weighted by Gasteiger charge is -2.60. The fourth-order valence-corrected chi connectivity index (χ4v) is 3.56. The minimum Gasteiger partial charge on any atom is -0.356 e. The fraction of sp³-hybridized carbons (Fsp3) is 1.00. The maximum atomic E-state index is 12.9. The molecule has 2 fully saturated rings. The monoisotopic (exact) mass is 261 g/mol. The first kappa shape index (κ1) is 14.2. The number of alkyl halides is 2. The van der Waals surface area contributed by atoms with Gasteiger partial charge in [0.2, 0.25) is 0 Å². The Morgan fingerprint density at radius 3 is 2.22 bits per heavy atom. The van der Waals surface area contributed by atoms with Crippen molar-refractivity contribution in [3.05, 3.63) is 0 Å².